The minimum absolute atomic E-state index is 0.0169. The Kier molecular flexibility index (Phi) is 3.19. The molecule has 4 nitrogen and oxygen atoms in total. The van der Waals surface area contributed by atoms with Gasteiger partial charge in [-0.05, 0) is 5.56 Å². The second-order valence-electron chi connectivity index (χ2n) is 3.73. The van der Waals surface area contributed by atoms with Crippen LogP contribution in [-0.2, 0) is 16.0 Å². The number of ether oxygens (including phenoxy) is 1. The van der Waals surface area contributed by atoms with Crippen LogP contribution < -0.4 is 0 Å². The third-order valence-electron chi connectivity index (χ3n) is 2.38. The van der Waals surface area contributed by atoms with Gasteiger partial charge in [0.1, 0.15) is 12.5 Å². The molecule has 2 rings (SSSR count). The first-order valence-corrected chi connectivity index (χ1v) is 5.20. The molecule has 1 atom stereocenters. The highest BCUT2D eigenvalue weighted by Gasteiger charge is 2.21. The monoisotopic (exact) mass is 219 g/mol. The van der Waals surface area contributed by atoms with Crippen LogP contribution in [0.15, 0.2) is 35.3 Å². The number of carboxylic acids is 1. The van der Waals surface area contributed by atoms with Crippen LogP contribution in [0.3, 0.4) is 0 Å². The van der Waals surface area contributed by atoms with Crippen molar-refractivity contribution < 1.29 is 14.6 Å². The molecule has 0 fully saturated rings. The first-order chi connectivity index (χ1) is 7.74. The third-order valence-corrected chi connectivity index (χ3v) is 2.38. The third kappa shape index (κ3) is 2.82. The molecule has 0 bridgehead atoms. The molecular formula is C12H13NO3. The van der Waals surface area contributed by atoms with E-state index in [1.165, 1.54) is 5.56 Å². The van der Waals surface area contributed by atoms with Gasteiger partial charge in [-0.1, -0.05) is 30.3 Å². The van der Waals surface area contributed by atoms with Crippen LogP contribution >= 0.6 is 0 Å². The van der Waals surface area contributed by atoms with Crippen molar-refractivity contribution in [2.24, 2.45) is 4.99 Å². The largest absolute Gasteiger partial charge is 0.481 e. The van der Waals surface area contributed by atoms with Gasteiger partial charge in [0.05, 0.1) is 6.54 Å². The van der Waals surface area contributed by atoms with E-state index in [4.69, 9.17) is 9.84 Å². The van der Waals surface area contributed by atoms with E-state index in [-0.39, 0.29) is 12.5 Å². The number of aliphatic carboxylic acids is 1. The fraction of sp³-hybridized carbons (Fsp3) is 0.333. The van der Waals surface area contributed by atoms with Gasteiger partial charge in [0, 0.05) is 6.42 Å². The topological polar surface area (TPSA) is 58.9 Å². The van der Waals surface area contributed by atoms with Crippen LogP contribution in [0, 0.1) is 0 Å². The molecule has 84 valence electrons. The molecule has 4 heteroatoms. The number of carboxylic acid groups (broad SMARTS) is 1. The van der Waals surface area contributed by atoms with Crippen molar-refractivity contribution >= 4 is 11.9 Å². The molecule has 16 heavy (non-hydrogen) atoms. The summed E-state index contributed by atoms with van der Waals surface area (Å²) in [5.41, 5.74) is 1.18. The molecule has 0 radical (unpaired) electrons. The number of carbonyl (C=O) groups is 1. The van der Waals surface area contributed by atoms with Crippen molar-refractivity contribution in [2.75, 3.05) is 6.54 Å². The minimum Gasteiger partial charge on any atom is -0.481 e. The summed E-state index contributed by atoms with van der Waals surface area (Å²) in [6, 6.07) is 9.97. The van der Waals surface area contributed by atoms with Crippen molar-refractivity contribution in [3.63, 3.8) is 0 Å². The standard InChI is InChI=1S/C12H13NO3/c14-12(15)7-11-13-8-10(16-11)6-9-4-2-1-3-5-9/h1-5,10H,6-8H2,(H,14,15). The van der Waals surface area contributed by atoms with E-state index < -0.39 is 5.97 Å². The summed E-state index contributed by atoms with van der Waals surface area (Å²) in [6.07, 6.45) is 0.635. The normalized spacial score (nSPS) is 19.0. The Hall–Kier alpha value is -1.84. The molecule has 1 heterocycles. The van der Waals surface area contributed by atoms with Crippen LogP contribution in [0.5, 0.6) is 0 Å². The molecule has 0 aromatic heterocycles. The maximum atomic E-state index is 10.5. The van der Waals surface area contributed by atoms with Crippen molar-refractivity contribution in [1.29, 1.82) is 0 Å². The number of rotatable bonds is 4. The van der Waals surface area contributed by atoms with E-state index in [0.717, 1.165) is 6.42 Å². The number of hydrogen-bond donors (Lipinski definition) is 1. The van der Waals surface area contributed by atoms with Gasteiger partial charge in [0.25, 0.3) is 0 Å². The predicted octanol–water partition coefficient (Wildman–Crippen LogP) is 1.50. The molecule has 0 saturated carbocycles. The van der Waals surface area contributed by atoms with E-state index in [1.54, 1.807) is 0 Å². The Morgan fingerprint density at radius 2 is 2.19 bits per heavy atom. The number of nitrogens with zero attached hydrogens (tertiary/aromatic N) is 1. The second kappa shape index (κ2) is 4.79. The lowest BCUT2D eigenvalue weighted by Crippen LogP contribution is -2.17. The zero-order valence-corrected chi connectivity index (χ0v) is 8.80. The van der Waals surface area contributed by atoms with Gasteiger partial charge >= 0.3 is 5.97 Å². The molecular weight excluding hydrogens is 206 g/mol. The fourth-order valence-corrected chi connectivity index (χ4v) is 1.68. The molecule has 1 aromatic carbocycles. The average molecular weight is 219 g/mol. The van der Waals surface area contributed by atoms with Crippen LogP contribution in [0.25, 0.3) is 0 Å². The van der Waals surface area contributed by atoms with Crippen molar-refractivity contribution in [2.45, 2.75) is 18.9 Å². The number of hydrogen-bond acceptors (Lipinski definition) is 3. The van der Waals surface area contributed by atoms with Gasteiger partial charge in [-0.25, -0.2) is 0 Å². The Bertz CT molecular complexity index is 400. The summed E-state index contributed by atoms with van der Waals surface area (Å²) < 4.78 is 5.45. The van der Waals surface area contributed by atoms with E-state index in [9.17, 15) is 4.79 Å². The molecule has 0 spiro atoms. The lowest BCUT2D eigenvalue weighted by molar-refractivity contribution is -0.135. The molecule has 1 aliphatic heterocycles. The maximum Gasteiger partial charge on any atom is 0.312 e. The highest BCUT2D eigenvalue weighted by molar-refractivity contribution is 5.94. The Morgan fingerprint density at radius 3 is 2.88 bits per heavy atom. The quantitative estimate of drug-likeness (QED) is 0.834. The summed E-state index contributed by atoms with van der Waals surface area (Å²) in [5, 5.41) is 8.59. The van der Waals surface area contributed by atoms with E-state index in [2.05, 4.69) is 4.99 Å². The summed E-state index contributed by atoms with van der Waals surface area (Å²) in [7, 11) is 0. The predicted molar refractivity (Wildman–Crippen MR) is 59.6 cm³/mol. The minimum atomic E-state index is -0.904. The van der Waals surface area contributed by atoms with Gasteiger partial charge in [-0.3, -0.25) is 9.79 Å². The summed E-state index contributed by atoms with van der Waals surface area (Å²) in [4.78, 5) is 14.5. The molecule has 0 aliphatic carbocycles. The lowest BCUT2D eigenvalue weighted by Gasteiger charge is -2.10. The Morgan fingerprint density at radius 1 is 1.44 bits per heavy atom. The molecule has 1 aliphatic rings. The highest BCUT2D eigenvalue weighted by atomic mass is 16.5. The molecule has 0 amide bonds. The van der Waals surface area contributed by atoms with Crippen molar-refractivity contribution in [3.8, 4) is 0 Å². The van der Waals surface area contributed by atoms with Gasteiger partial charge < -0.3 is 9.84 Å². The van der Waals surface area contributed by atoms with Crippen molar-refractivity contribution in [1.82, 2.24) is 0 Å². The van der Waals surface area contributed by atoms with E-state index in [0.29, 0.717) is 12.4 Å². The van der Waals surface area contributed by atoms with Gasteiger partial charge in [0.2, 0.25) is 0 Å². The first kappa shape index (κ1) is 10.7. The summed E-state index contributed by atoms with van der Waals surface area (Å²) in [5.74, 6) is -0.562. The van der Waals surface area contributed by atoms with Crippen LogP contribution in [0.4, 0.5) is 0 Å². The summed E-state index contributed by atoms with van der Waals surface area (Å²) in [6.45, 7) is 0.553. The first-order valence-electron chi connectivity index (χ1n) is 5.20. The smallest absolute Gasteiger partial charge is 0.312 e. The van der Waals surface area contributed by atoms with Gasteiger partial charge in [-0.2, -0.15) is 0 Å². The lowest BCUT2D eigenvalue weighted by atomic mass is 10.1. The van der Waals surface area contributed by atoms with Crippen molar-refractivity contribution in [3.05, 3.63) is 35.9 Å². The average Bonchev–Trinajstić information content (AvgIpc) is 2.66. The van der Waals surface area contributed by atoms with Crippen LogP contribution in [0.1, 0.15) is 12.0 Å². The van der Waals surface area contributed by atoms with Crippen LogP contribution in [-0.4, -0.2) is 29.6 Å². The SMILES string of the molecule is O=C(O)CC1=NCC(Cc2ccccc2)O1. The number of aliphatic imine (C=N–C) groups is 1. The second-order valence-corrected chi connectivity index (χ2v) is 3.73. The van der Waals surface area contributed by atoms with Gasteiger partial charge in [-0.15, -0.1) is 0 Å². The Labute approximate surface area is 93.6 Å². The fourth-order valence-electron chi connectivity index (χ4n) is 1.68. The molecule has 1 unspecified atom stereocenters. The maximum absolute atomic E-state index is 10.5. The highest BCUT2D eigenvalue weighted by Crippen LogP contribution is 2.13. The molecule has 1 N–H and O–H groups in total. The molecule has 0 saturated heterocycles. The Balaban J connectivity index is 1.85. The number of benzene rings is 1. The van der Waals surface area contributed by atoms with E-state index >= 15 is 0 Å². The zero-order chi connectivity index (χ0) is 11.4. The van der Waals surface area contributed by atoms with E-state index in [1.807, 2.05) is 30.3 Å². The van der Waals surface area contributed by atoms with Gasteiger partial charge in [0.15, 0.2) is 5.90 Å². The zero-order valence-electron chi connectivity index (χ0n) is 8.80. The van der Waals surface area contributed by atoms with Crippen LogP contribution in [0.2, 0.25) is 0 Å². The summed E-state index contributed by atoms with van der Waals surface area (Å²) >= 11 is 0. The molecule has 1 aromatic rings.